The molecule has 54 valence electrons. The molecule has 0 bridgehead atoms. The van der Waals surface area contributed by atoms with Gasteiger partial charge in [0, 0.05) is 0 Å². The van der Waals surface area contributed by atoms with Gasteiger partial charge in [0.25, 0.3) is 0 Å². The lowest BCUT2D eigenvalue weighted by atomic mass is 10.9. The minimum absolute atomic E-state index is 0.105. The van der Waals surface area contributed by atoms with E-state index < -0.39 is 5.69 Å². The number of hydrogen-bond acceptors (Lipinski definition) is 4. The predicted octanol–water partition coefficient (Wildman–Crippen LogP) is -0.403. The lowest BCUT2D eigenvalue weighted by Gasteiger charge is -1.95. The number of rotatable bonds is 0. The molecule has 0 unspecified atom stereocenters. The first kappa shape index (κ1) is 6.81. The third-order valence-corrected chi connectivity index (χ3v) is 1.33. The largest absolute Gasteiger partial charge is 0.393 e. The second-order valence-electron chi connectivity index (χ2n) is 1.74. The van der Waals surface area contributed by atoms with Crippen LogP contribution in [0, 0.1) is 4.64 Å². The zero-order valence-electron chi connectivity index (χ0n) is 4.97. The van der Waals surface area contributed by atoms with E-state index in [2.05, 4.69) is 22.2 Å². The maximum Gasteiger partial charge on any atom is 0.325 e. The first-order chi connectivity index (χ1) is 4.61. The molecule has 0 aliphatic heterocycles. The predicted molar refractivity (Wildman–Crippen MR) is 41.1 cm³/mol. The lowest BCUT2D eigenvalue weighted by Crippen LogP contribution is -2.14. The fraction of sp³-hybridized carbons (Fsp3) is 0. The van der Waals surface area contributed by atoms with Crippen LogP contribution in [0.3, 0.4) is 0 Å². The highest BCUT2D eigenvalue weighted by molar-refractivity contribution is 7.71. The fourth-order valence-corrected chi connectivity index (χ4v) is 0.716. The molecule has 0 spiro atoms. The summed E-state index contributed by atoms with van der Waals surface area (Å²) in [5.41, 5.74) is 10.3. The molecule has 1 rings (SSSR count). The molecule has 6 N–H and O–H groups in total. The van der Waals surface area contributed by atoms with E-state index in [-0.39, 0.29) is 16.1 Å². The summed E-state index contributed by atoms with van der Waals surface area (Å²) in [7, 11) is 0. The number of nitrogens with two attached hydrogens (primary N) is 2. The number of anilines is 2. The van der Waals surface area contributed by atoms with Crippen molar-refractivity contribution in [2.24, 2.45) is 0 Å². The zero-order valence-corrected chi connectivity index (χ0v) is 5.79. The molecule has 6 heteroatoms. The van der Waals surface area contributed by atoms with Gasteiger partial charge in [-0.05, 0) is 0 Å². The molecule has 5 nitrogen and oxygen atoms in total. The fourth-order valence-electron chi connectivity index (χ4n) is 0.514. The molecule has 0 aliphatic carbocycles. The molecule has 0 fully saturated rings. The van der Waals surface area contributed by atoms with Crippen molar-refractivity contribution in [3.05, 3.63) is 15.1 Å². The van der Waals surface area contributed by atoms with E-state index in [1.54, 1.807) is 0 Å². The Morgan fingerprint density at radius 1 is 1.30 bits per heavy atom. The highest BCUT2D eigenvalue weighted by Gasteiger charge is 1.95. The van der Waals surface area contributed by atoms with Crippen LogP contribution in [0.15, 0.2) is 4.79 Å². The lowest BCUT2D eigenvalue weighted by molar-refractivity contribution is 1.08. The number of aromatic amines is 2. The molecule has 1 aromatic rings. The van der Waals surface area contributed by atoms with Crippen LogP contribution in [0.4, 0.5) is 11.5 Å². The van der Waals surface area contributed by atoms with Gasteiger partial charge in [0.2, 0.25) is 0 Å². The Balaban J connectivity index is 3.62. The van der Waals surface area contributed by atoms with Crippen molar-refractivity contribution < 1.29 is 0 Å². The van der Waals surface area contributed by atoms with Gasteiger partial charge in [-0.1, -0.05) is 12.2 Å². The van der Waals surface area contributed by atoms with Gasteiger partial charge in [-0.2, -0.15) is 0 Å². The number of aromatic nitrogens is 2. The monoisotopic (exact) mass is 160 g/mol. The molecule has 0 saturated carbocycles. The Hall–Kier alpha value is -1.30. The standard InChI is InChI=1S/C4H6N4OS/c5-1-2(6)7-4(9)8-3(1)10/h5H2,(H4,6,7,8,9,10)/i1+1,3+1. The van der Waals surface area contributed by atoms with Gasteiger partial charge >= 0.3 is 5.69 Å². The summed E-state index contributed by atoms with van der Waals surface area (Å²) in [6.45, 7) is 0. The Morgan fingerprint density at radius 3 is 2.40 bits per heavy atom. The van der Waals surface area contributed by atoms with E-state index in [0.717, 1.165) is 0 Å². The molecular formula is C4H6N4OS. The first-order valence-corrected chi connectivity index (χ1v) is 2.89. The van der Waals surface area contributed by atoms with Crippen LogP contribution in [0.1, 0.15) is 0 Å². The van der Waals surface area contributed by atoms with Crippen LogP contribution in [-0.2, 0) is 0 Å². The normalized spacial score (nSPS) is 9.60. The molecule has 0 aromatic carbocycles. The van der Waals surface area contributed by atoms with E-state index in [1.165, 1.54) is 0 Å². The van der Waals surface area contributed by atoms with Crippen molar-refractivity contribution in [3.8, 4) is 0 Å². The molecule has 0 aliphatic rings. The third kappa shape index (κ3) is 1.01. The minimum Gasteiger partial charge on any atom is -0.393 e. The molecule has 0 radical (unpaired) electrons. The summed E-state index contributed by atoms with van der Waals surface area (Å²) in [6, 6.07) is 0. The first-order valence-electron chi connectivity index (χ1n) is 2.49. The van der Waals surface area contributed by atoms with E-state index in [0.29, 0.717) is 0 Å². The van der Waals surface area contributed by atoms with E-state index in [9.17, 15) is 4.79 Å². The molecular weight excluding hydrogens is 154 g/mol. The number of nitrogens with one attached hydrogen (secondary N) is 2. The van der Waals surface area contributed by atoms with Crippen LogP contribution in [0.25, 0.3) is 0 Å². The maximum atomic E-state index is 10.6. The molecule has 1 aromatic heterocycles. The summed E-state index contributed by atoms with van der Waals surface area (Å²) in [4.78, 5) is 15.1. The molecule has 0 amide bonds. The molecule has 10 heavy (non-hydrogen) atoms. The second-order valence-corrected chi connectivity index (χ2v) is 2.14. The van der Waals surface area contributed by atoms with E-state index in [4.69, 9.17) is 11.5 Å². The van der Waals surface area contributed by atoms with Crippen LogP contribution < -0.4 is 17.2 Å². The van der Waals surface area contributed by atoms with Crippen molar-refractivity contribution in [3.63, 3.8) is 0 Å². The van der Waals surface area contributed by atoms with E-state index >= 15 is 0 Å². The Labute approximate surface area is 61.1 Å². The van der Waals surface area contributed by atoms with Crippen LogP contribution >= 0.6 is 12.2 Å². The highest BCUT2D eigenvalue weighted by atomic mass is 32.1. The Bertz CT molecular complexity index is 351. The highest BCUT2D eigenvalue weighted by Crippen LogP contribution is 2.06. The van der Waals surface area contributed by atoms with Crippen LogP contribution in [0.2, 0.25) is 0 Å². The van der Waals surface area contributed by atoms with Gasteiger partial charge < -0.3 is 11.5 Å². The number of hydrogen-bond donors (Lipinski definition) is 4. The van der Waals surface area contributed by atoms with Gasteiger partial charge in [-0.3, -0.25) is 9.97 Å². The molecule has 0 atom stereocenters. The summed E-state index contributed by atoms with van der Waals surface area (Å²) in [6.07, 6.45) is 0. The minimum atomic E-state index is -0.447. The topological polar surface area (TPSA) is 101 Å². The summed E-state index contributed by atoms with van der Waals surface area (Å²) in [5.74, 6) is 0.105. The molecule has 0 saturated heterocycles. The van der Waals surface area contributed by atoms with Crippen molar-refractivity contribution in [1.29, 1.82) is 0 Å². The average Bonchev–Trinajstić information content (AvgIpc) is 1.82. The quantitative estimate of drug-likeness (QED) is 0.388. The van der Waals surface area contributed by atoms with Gasteiger partial charge in [-0.15, -0.1) is 0 Å². The summed E-state index contributed by atoms with van der Waals surface area (Å²) < 4.78 is 0.168. The SMILES string of the molecule is Nc1[nH]c(=O)[nH][13c](=S)[13c]1N. The summed E-state index contributed by atoms with van der Waals surface area (Å²) in [5, 5.41) is 0. The number of H-pyrrole nitrogens is 2. The van der Waals surface area contributed by atoms with Crippen LogP contribution in [-0.4, -0.2) is 9.97 Å². The van der Waals surface area contributed by atoms with Crippen LogP contribution in [0.5, 0.6) is 0 Å². The van der Waals surface area contributed by atoms with Gasteiger partial charge in [0.1, 0.15) is 16.1 Å². The summed E-state index contributed by atoms with van der Waals surface area (Å²) >= 11 is 4.65. The maximum absolute atomic E-state index is 10.6. The van der Waals surface area contributed by atoms with Gasteiger partial charge in [-0.25, -0.2) is 4.79 Å². The second kappa shape index (κ2) is 2.14. The van der Waals surface area contributed by atoms with Crippen molar-refractivity contribution in [1.82, 2.24) is 9.97 Å². The average molecular weight is 160 g/mol. The Kier molecular flexibility index (Phi) is 1.46. The van der Waals surface area contributed by atoms with E-state index in [1.807, 2.05) is 0 Å². The third-order valence-electron chi connectivity index (χ3n) is 1.01. The zero-order chi connectivity index (χ0) is 7.72. The number of nitrogen functional groups attached to an aromatic ring is 2. The van der Waals surface area contributed by atoms with Crippen molar-refractivity contribution in [2.45, 2.75) is 0 Å². The smallest absolute Gasteiger partial charge is 0.325 e. The molecule has 1 heterocycles. The van der Waals surface area contributed by atoms with Gasteiger partial charge in [0.05, 0.1) is 0 Å². The van der Waals surface area contributed by atoms with Crippen molar-refractivity contribution in [2.75, 3.05) is 11.5 Å². The van der Waals surface area contributed by atoms with Crippen molar-refractivity contribution >= 4 is 23.7 Å². The van der Waals surface area contributed by atoms with Gasteiger partial charge in [0.15, 0.2) is 0 Å². The Morgan fingerprint density at radius 2 is 1.90 bits per heavy atom.